The van der Waals surface area contributed by atoms with Crippen LogP contribution in [0.15, 0.2) is 46.0 Å². The van der Waals surface area contributed by atoms with E-state index in [1.165, 1.54) is 11.3 Å². The summed E-state index contributed by atoms with van der Waals surface area (Å²) in [5.41, 5.74) is 0.862. The maximum atomic E-state index is 12.5. The molecule has 2 aliphatic heterocycles. The van der Waals surface area contributed by atoms with Gasteiger partial charge in [-0.15, -0.1) is 11.3 Å². The van der Waals surface area contributed by atoms with Crippen molar-refractivity contribution in [1.82, 2.24) is 9.62 Å². The summed E-state index contributed by atoms with van der Waals surface area (Å²) in [6, 6.07) is 8.72. The largest absolute Gasteiger partial charge is 0.486 e. The molecule has 9 heteroatoms. The van der Waals surface area contributed by atoms with Gasteiger partial charge in [0.25, 0.3) is 0 Å². The van der Waals surface area contributed by atoms with Gasteiger partial charge in [0.05, 0.1) is 0 Å². The van der Waals surface area contributed by atoms with Crippen LogP contribution in [0, 0.1) is 0 Å². The Labute approximate surface area is 174 Å². The van der Waals surface area contributed by atoms with Crippen LogP contribution in [0.25, 0.3) is 6.08 Å². The van der Waals surface area contributed by atoms with Gasteiger partial charge in [-0.25, -0.2) is 13.1 Å². The normalized spacial score (nSPS) is 17.6. The number of benzene rings is 1. The number of thiophene rings is 1. The lowest BCUT2D eigenvalue weighted by atomic mass is 10.1. The van der Waals surface area contributed by atoms with E-state index in [1.54, 1.807) is 34.6 Å². The standard InChI is InChI=1S/C20H22N2O5S2/c23-19(6-4-15-3-5-17-18(14-15)27-12-11-26-17)22-9-7-16(8-10-22)21-29(24,25)20-2-1-13-28-20/h1-6,13-14,16,21H,7-12H2/b6-4+. The average Bonchev–Trinajstić information content (AvgIpc) is 3.28. The molecule has 154 valence electrons. The molecule has 0 unspecified atom stereocenters. The summed E-state index contributed by atoms with van der Waals surface area (Å²) in [5, 5.41) is 1.74. The van der Waals surface area contributed by atoms with Crippen molar-refractivity contribution in [2.75, 3.05) is 26.3 Å². The van der Waals surface area contributed by atoms with Crippen LogP contribution in [0.2, 0.25) is 0 Å². The highest BCUT2D eigenvalue weighted by Gasteiger charge is 2.26. The molecule has 0 bridgehead atoms. The van der Waals surface area contributed by atoms with E-state index < -0.39 is 10.0 Å². The molecule has 2 aliphatic rings. The number of ether oxygens (including phenoxy) is 2. The van der Waals surface area contributed by atoms with Crippen LogP contribution < -0.4 is 14.2 Å². The summed E-state index contributed by atoms with van der Waals surface area (Å²) >= 11 is 1.20. The van der Waals surface area contributed by atoms with Crippen molar-refractivity contribution in [1.29, 1.82) is 0 Å². The molecule has 1 saturated heterocycles. The molecule has 0 radical (unpaired) electrons. The zero-order chi connectivity index (χ0) is 20.3. The van der Waals surface area contributed by atoms with Gasteiger partial charge in [0.2, 0.25) is 15.9 Å². The zero-order valence-corrected chi connectivity index (χ0v) is 17.4. The van der Waals surface area contributed by atoms with Crippen molar-refractivity contribution < 1.29 is 22.7 Å². The second-order valence-corrected chi connectivity index (χ2v) is 9.78. The van der Waals surface area contributed by atoms with E-state index in [4.69, 9.17) is 9.47 Å². The smallest absolute Gasteiger partial charge is 0.250 e. The molecule has 2 aromatic rings. The van der Waals surface area contributed by atoms with Crippen LogP contribution in [-0.2, 0) is 14.8 Å². The monoisotopic (exact) mass is 434 g/mol. The maximum Gasteiger partial charge on any atom is 0.250 e. The first-order valence-corrected chi connectivity index (χ1v) is 11.8. The molecule has 0 atom stereocenters. The third-order valence-corrected chi connectivity index (χ3v) is 7.79. The summed E-state index contributed by atoms with van der Waals surface area (Å²) in [7, 11) is -3.48. The van der Waals surface area contributed by atoms with Crippen molar-refractivity contribution in [3.05, 3.63) is 47.4 Å². The maximum absolute atomic E-state index is 12.5. The number of piperidine rings is 1. The van der Waals surface area contributed by atoms with E-state index in [0.29, 0.717) is 54.9 Å². The van der Waals surface area contributed by atoms with Crippen LogP contribution in [0.3, 0.4) is 0 Å². The summed E-state index contributed by atoms with van der Waals surface area (Å²) < 4.78 is 38.8. The number of likely N-dealkylation sites (tertiary alicyclic amines) is 1. The molecule has 0 aliphatic carbocycles. The number of fused-ring (bicyclic) bond motifs is 1. The molecule has 1 aromatic carbocycles. The van der Waals surface area contributed by atoms with E-state index >= 15 is 0 Å². The number of rotatable bonds is 5. The molecule has 1 fully saturated rings. The van der Waals surface area contributed by atoms with Crippen LogP contribution in [0.1, 0.15) is 18.4 Å². The Kier molecular flexibility index (Phi) is 5.89. The Balaban J connectivity index is 1.30. The van der Waals surface area contributed by atoms with Gasteiger partial charge in [-0.1, -0.05) is 12.1 Å². The van der Waals surface area contributed by atoms with Gasteiger partial charge >= 0.3 is 0 Å². The first kappa shape index (κ1) is 19.9. The molecule has 0 spiro atoms. The summed E-state index contributed by atoms with van der Waals surface area (Å²) in [4.78, 5) is 14.2. The first-order chi connectivity index (χ1) is 14.0. The third kappa shape index (κ3) is 4.80. The van der Waals surface area contributed by atoms with Gasteiger partial charge in [-0.2, -0.15) is 0 Å². The number of amides is 1. The Morgan fingerprint density at radius 2 is 1.90 bits per heavy atom. The fourth-order valence-corrected chi connectivity index (χ4v) is 5.66. The Bertz CT molecular complexity index is 994. The molecular formula is C20H22N2O5S2. The third-order valence-electron chi connectivity index (χ3n) is 4.87. The molecule has 3 heterocycles. The van der Waals surface area contributed by atoms with Gasteiger partial charge < -0.3 is 14.4 Å². The molecule has 1 amide bonds. The van der Waals surface area contributed by atoms with Gasteiger partial charge in [-0.05, 0) is 48.1 Å². The van der Waals surface area contributed by atoms with Crippen LogP contribution in [-0.4, -0.2) is 51.6 Å². The van der Waals surface area contributed by atoms with Crippen LogP contribution in [0.4, 0.5) is 0 Å². The predicted octanol–water partition coefficient (Wildman–Crippen LogP) is 2.50. The highest BCUT2D eigenvalue weighted by molar-refractivity contribution is 7.91. The summed E-state index contributed by atoms with van der Waals surface area (Å²) in [6.07, 6.45) is 4.48. The molecule has 7 nitrogen and oxygen atoms in total. The Morgan fingerprint density at radius 3 is 2.62 bits per heavy atom. The number of nitrogens with zero attached hydrogens (tertiary/aromatic N) is 1. The second-order valence-electron chi connectivity index (χ2n) is 6.89. The Hall–Kier alpha value is -2.36. The summed E-state index contributed by atoms with van der Waals surface area (Å²) in [6.45, 7) is 2.09. The number of hydrogen-bond donors (Lipinski definition) is 1. The average molecular weight is 435 g/mol. The molecule has 1 N–H and O–H groups in total. The van der Waals surface area contributed by atoms with Crippen LogP contribution >= 0.6 is 11.3 Å². The molecule has 4 rings (SSSR count). The molecular weight excluding hydrogens is 412 g/mol. The number of nitrogens with one attached hydrogen (secondary N) is 1. The highest BCUT2D eigenvalue weighted by Crippen LogP contribution is 2.31. The van der Waals surface area contributed by atoms with Crippen molar-refractivity contribution in [2.45, 2.75) is 23.1 Å². The topological polar surface area (TPSA) is 84.9 Å². The van der Waals surface area contributed by atoms with E-state index in [1.807, 2.05) is 18.2 Å². The minimum Gasteiger partial charge on any atom is -0.486 e. The van der Waals surface area contributed by atoms with Crippen molar-refractivity contribution in [2.24, 2.45) is 0 Å². The number of carbonyl (C=O) groups excluding carboxylic acids is 1. The van der Waals surface area contributed by atoms with Gasteiger partial charge in [0.1, 0.15) is 17.4 Å². The fourth-order valence-electron chi connectivity index (χ4n) is 3.35. The second kappa shape index (κ2) is 8.56. The lowest BCUT2D eigenvalue weighted by Gasteiger charge is -2.31. The molecule has 0 saturated carbocycles. The van der Waals surface area contributed by atoms with Gasteiger partial charge in [-0.3, -0.25) is 4.79 Å². The molecule has 1 aromatic heterocycles. The van der Waals surface area contributed by atoms with Crippen molar-refractivity contribution in [3.8, 4) is 11.5 Å². The Morgan fingerprint density at radius 1 is 1.14 bits per heavy atom. The van der Waals surface area contributed by atoms with E-state index in [-0.39, 0.29) is 11.9 Å². The van der Waals surface area contributed by atoms with E-state index in [0.717, 1.165) is 5.56 Å². The van der Waals surface area contributed by atoms with Crippen molar-refractivity contribution >= 4 is 33.3 Å². The highest BCUT2D eigenvalue weighted by atomic mass is 32.2. The zero-order valence-electron chi connectivity index (χ0n) is 15.7. The SMILES string of the molecule is O=C(/C=C/c1ccc2c(c1)OCCO2)N1CCC(NS(=O)(=O)c2cccs2)CC1. The summed E-state index contributed by atoms with van der Waals surface area (Å²) in [5.74, 6) is 1.32. The number of sulfonamides is 1. The molecule has 29 heavy (non-hydrogen) atoms. The fraction of sp³-hybridized carbons (Fsp3) is 0.350. The predicted molar refractivity (Wildman–Crippen MR) is 111 cm³/mol. The van der Waals surface area contributed by atoms with E-state index in [2.05, 4.69) is 4.72 Å². The van der Waals surface area contributed by atoms with E-state index in [9.17, 15) is 13.2 Å². The number of hydrogen-bond acceptors (Lipinski definition) is 6. The minimum absolute atomic E-state index is 0.0838. The van der Waals surface area contributed by atoms with Crippen molar-refractivity contribution in [3.63, 3.8) is 0 Å². The quantitative estimate of drug-likeness (QED) is 0.731. The van der Waals surface area contributed by atoms with Gasteiger partial charge in [0.15, 0.2) is 11.5 Å². The first-order valence-electron chi connectivity index (χ1n) is 9.44. The lowest BCUT2D eigenvalue weighted by molar-refractivity contribution is -0.126. The van der Waals surface area contributed by atoms with Crippen LogP contribution in [0.5, 0.6) is 11.5 Å². The minimum atomic E-state index is -3.48. The van der Waals surface area contributed by atoms with Gasteiger partial charge in [0, 0.05) is 25.2 Å². The number of carbonyl (C=O) groups is 1. The lowest BCUT2D eigenvalue weighted by Crippen LogP contribution is -2.46.